The number of nitrogens with zero attached hydrogens (tertiary/aromatic N) is 4. The lowest BCUT2D eigenvalue weighted by Crippen LogP contribution is -2.16. The van der Waals surface area contributed by atoms with Gasteiger partial charge in [-0.2, -0.15) is 0 Å². The van der Waals surface area contributed by atoms with E-state index in [0.29, 0.717) is 21.1 Å². The topological polar surface area (TPSA) is 93.8 Å². The summed E-state index contributed by atoms with van der Waals surface area (Å²) in [5, 5.41) is 10.7. The van der Waals surface area contributed by atoms with Gasteiger partial charge in [0.2, 0.25) is 5.82 Å². The highest BCUT2D eigenvalue weighted by Crippen LogP contribution is 2.26. The molecular formula is C20H13BrFN5O2S. The molecule has 7 nitrogen and oxygen atoms in total. The molecule has 0 aliphatic rings. The molecule has 4 aromatic rings. The number of rotatable bonds is 6. The Balaban J connectivity index is 1.50. The van der Waals surface area contributed by atoms with Crippen molar-refractivity contribution in [2.24, 2.45) is 0 Å². The molecule has 1 amide bonds. The fourth-order valence-electron chi connectivity index (χ4n) is 2.53. The fourth-order valence-corrected chi connectivity index (χ4v) is 3.67. The smallest absolute Gasteiger partial charge is 0.276 e. The van der Waals surface area contributed by atoms with Crippen LogP contribution in [0.4, 0.5) is 10.2 Å². The quantitative estimate of drug-likeness (QED) is 0.304. The highest BCUT2D eigenvalue weighted by Gasteiger charge is 2.19. The lowest BCUT2D eigenvalue weighted by molar-refractivity contribution is 0.101. The van der Waals surface area contributed by atoms with Gasteiger partial charge in [0.1, 0.15) is 11.5 Å². The van der Waals surface area contributed by atoms with Gasteiger partial charge in [-0.1, -0.05) is 54.2 Å². The summed E-state index contributed by atoms with van der Waals surface area (Å²) in [5.74, 6) is -0.0493. The van der Waals surface area contributed by atoms with Crippen LogP contribution >= 0.6 is 27.7 Å². The third-order valence-corrected chi connectivity index (χ3v) is 5.50. The van der Waals surface area contributed by atoms with Crippen molar-refractivity contribution in [3.05, 3.63) is 82.3 Å². The highest BCUT2D eigenvalue weighted by atomic mass is 79.9. The molecule has 0 unspecified atom stereocenters. The van der Waals surface area contributed by atoms with Crippen LogP contribution in [0.1, 0.15) is 16.1 Å². The normalized spacial score (nSPS) is 10.7. The monoisotopic (exact) mass is 485 g/mol. The number of halogens is 2. The number of hydrogen-bond donors (Lipinski definition) is 1. The second-order valence-electron chi connectivity index (χ2n) is 6.05. The van der Waals surface area contributed by atoms with Gasteiger partial charge in [0.15, 0.2) is 10.9 Å². The lowest BCUT2D eigenvalue weighted by Gasteiger charge is -2.07. The van der Waals surface area contributed by atoms with Crippen LogP contribution in [0.15, 0.2) is 75.1 Å². The van der Waals surface area contributed by atoms with Crippen LogP contribution in [0.25, 0.3) is 11.3 Å². The van der Waals surface area contributed by atoms with E-state index in [2.05, 4.69) is 41.5 Å². The SMILES string of the molecule is O=C(Nc1nonc1-c1ccccc1)c1nc(SCc2ccc(F)cc2)ncc1Br. The van der Waals surface area contributed by atoms with Gasteiger partial charge in [-0.05, 0) is 43.9 Å². The molecule has 0 aliphatic carbocycles. The number of hydrogen-bond acceptors (Lipinski definition) is 7. The van der Waals surface area contributed by atoms with E-state index >= 15 is 0 Å². The zero-order chi connectivity index (χ0) is 20.9. The second kappa shape index (κ2) is 9.14. The number of benzene rings is 2. The maximum atomic E-state index is 13.0. The summed E-state index contributed by atoms with van der Waals surface area (Å²) >= 11 is 4.64. The summed E-state index contributed by atoms with van der Waals surface area (Å²) in [6, 6.07) is 15.4. The van der Waals surface area contributed by atoms with E-state index in [4.69, 9.17) is 4.63 Å². The Labute approximate surface area is 183 Å². The highest BCUT2D eigenvalue weighted by molar-refractivity contribution is 9.10. The Kier molecular flexibility index (Phi) is 6.15. The first-order valence-corrected chi connectivity index (χ1v) is 10.5. The average molecular weight is 486 g/mol. The van der Waals surface area contributed by atoms with Gasteiger partial charge in [0.25, 0.3) is 5.91 Å². The lowest BCUT2D eigenvalue weighted by atomic mass is 10.1. The minimum absolute atomic E-state index is 0.147. The van der Waals surface area contributed by atoms with Gasteiger partial charge in [0, 0.05) is 17.5 Å². The molecule has 1 N–H and O–H groups in total. The molecule has 0 saturated heterocycles. The van der Waals surface area contributed by atoms with E-state index in [1.165, 1.54) is 30.1 Å². The molecular weight excluding hydrogens is 473 g/mol. The van der Waals surface area contributed by atoms with Crippen molar-refractivity contribution < 1.29 is 13.8 Å². The van der Waals surface area contributed by atoms with Crippen molar-refractivity contribution in [2.75, 3.05) is 5.32 Å². The molecule has 2 aromatic heterocycles. The first-order valence-electron chi connectivity index (χ1n) is 8.69. The Morgan fingerprint density at radius 1 is 1.10 bits per heavy atom. The molecule has 0 saturated carbocycles. The van der Waals surface area contributed by atoms with Gasteiger partial charge < -0.3 is 5.32 Å². The fraction of sp³-hybridized carbons (Fsp3) is 0.0500. The molecule has 0 aliphatic heterocycles. The van der Waals surface area contributed by atoms with Crippen LogP contribution in [-0.2, 0) is 5.75 Å². The van der Waals surface area contributed by atoms with Gasteiger partial charge in [-0.3, -0.25) is 4.79 Å². The van der Waals surface area contributed by atoms with Crippen molar-refractivity contribution in [3.8, 4) is 11.3 Å². The Morgan fingerprint density at radius 3 is 2.63 bits per heavy atom. The standard InChI is InChI=1S/C20H13BrFN5O2S/c21-15-10-23-20(30-11-12-6-8-14(22)9-7-12)24-17(15)19(28)25-18-16(26-29-27-18)13-4-2-1-3-5-13/h1-10H,11H2,(H,25,27,28). The maximum Gasteiger partial charge on any atom is 0.276 e. The molecule has 10 heteroatoms. The number of carbonyl (C=O) groups is 1. The number of anilines is 1. The van der Waals surface area contributed by atoms with E-state index in [0.717, 1.165) is 11.1 Å². The van der Waals surface area contributed by atoms with Crippen LogP contribution in [0.2, 0.25) is 0 Å². The van der Waals surface area contributed by atoms with Crippen molar-refractivity contribution in [1.82, 2.24) is 20.3 Å². The number of amides is 1. The van der Waals surface area contributed by atoms with Crippen molar-refractivity contribution >= 4 is 39.4 Å². The predicted molar refractivity (Wildman–Crippen MR) is 113 cm³/mol. The summed E-state index contributed by atoms with van der Waals surface area (Å²) in [4.78, 5) is 21.3. The number of carbonyl (C=O) groups excluding carboxylic acids is 1. The van der Waals surface area contributed by atoms with Gasteiger partial charge in [-0.25, -0.2) is 19.0 Å². The van der Waals surface area contributed by atoms with Crippen molar-refractivity contribution in [2.45, 2.75) is 10.9 Å². The van der Waals surface area contributed by atoms with E-state index in [-0.39, 0.29) is 17.3 Å². The summed E-state index contributed by atoms with van der Waals surface area (Å²) in [5.41, 5.74) is 2.24. The molecule has 0 bridgehead atoms. The maximum absolute atomic E-state index is 13.0. The zero-order valence-corrected chi connectivity index (χ0v) is 17.7. The summed E-state index contributed by atoms with van der Waals surface area (Å²) < 4.78 is 18.3. The summed E-state index contributed by atoms with van der Waals surface area (Å²) in [6.07, 6.45) is 1.51. The van der Waals surface area contributed by atoms with Gasteiger partial charge in [-0.15, -0.1) is 0 Å². The molecule has 2 aromatic carbocycles. The second-order valence-corrected chi connectivity index (χ2v) is 7.84. The first kappa shape index (κ1) is 20.2. The molecule has 0 spiro atoms. The van der Waals surface area contributed by atoms with Crippen LogP contribution in [0.5, 0.6) is 0 Å². The van der Waals surface area contributed by atoms with E-state index in [1.54, 1.807) is 12.1 Å². The van der Waals surface area contributed by atoms with Crippen LogP contribution in [0, 0.1) is 5.82 Å². The van der Waals surface area contributed by atoms with Gasteiger partial charge >= 0.3 is 0 Å². The molecule has 4 rings (SSSR count). The molecule has 30 heavy (non-hydrogen) atoms. The minimum Gasteiger partial charge on any atom is -0.300 e. The molecule has 0 radical (unpaired) electrons. The first-order chi connectivity index (χ1) is 14.6. The Hall–Kier alpha value is -3.11. The van der Waals surface area contributed by atoms with Crippen molar-refractivity contribution in [1.29, 1.82) is 0 Å². The average Bonchev–Trinajstić information content (AvgIpc) is 3.23. The van der Waals surface area contributed by atoms with Crippen LogP contribution < -0.4 is 5.32 Å². The van der Waals surface area contributed by atoms with E-state index in [1.807, 2.05) is 30.3 Å². The number of nitrogens with one attached hydrogen (secondary N) is 1. The zero-order valence-electron chi connectivity index (χ0n) is 15.3. The summed E-state index contributed by atoms with van der Waals surface area (Å²) in [7, 11) is 0. The molecule has 0 atom stereocenters. The van der Waals surface area contributed by atoms with Crippen LogP contribution in [-0.4, -0.2) is 26.2 Å². The molecule has 150 valence electrons. The predicted octanol–water partition coefficient (Wildman–Crippen LogP) is 4.97. The van der Waals surface area contributed by atoms with E-state index < -0.39 is 5.91 Å². The molecule has 0 fully saturated rings. The van der Waals surface area contributed by atoms with Gasteiger partial charge in [0.05, 0.1) is 4.47 Å². The summed E-state index contributed by atoms with van der Waals surface area (Å²) in [6.45, 7) is 0. The molecule has 2 heterocycles. The Bertz CT molecular complexity index is 1170. The van der Waals surface area contributed by atoms with Crippen LogP contribution in [0.3, 0.4) is 0 Å². The third kappa shape index (κ3) is 4.71. The number of aromatic nitrogens is 4. The number of thioether (sulfide) groups is 1. The van der Waals surface area contributed by atoms with Crippen molar-refractivity contribution in [3.63, 3.8) is 0 Å². The Morgan fingerprint density at radius 2 is 1.87 bits per heavy atom. The largest absolute Gasteiger partial charge is 0.300 e. The minimum atomic E-state index is -0.485. The third-order valence-electron chi connectivity index (χ3n) is 3.99. The van der Waals surface area contributed by atoms with E-state index in [9.17, 15) is 9.18 Å².